The zero-order valence-electron chi connectivity index (χ0n) is 12.2. The first-order valence-electron chi connectivity index (χ1n) is 7.26. The zero-order valence-corrected chi connectivity index (χ0v) is 13.0. The number of benzene rings is 1. The lowest BCUT2D eigenvalue weighted by atomic mass is 10.1. The van der Waals surface area contributed by atoms with Crippen LogP contribution >= 0.6 is 0 Å². The van der Waals surface area contributed by atoms with Crippen LogP contribution in [0.15, 0.2) is 24.3 Å². The summed E-state index contributed by atoms with van der Waals surface area (Å²) in [5.41, 5.74) is 2.17. The Morgan fingerprint density at radius 3 is 2.60 bits per heavy atom. The Morgan fingerprint density at radius 2 is 2.00 bits per heavy atom. The van der Waals surface area contributed by atoms with E-state index in [1.165, 1.54) is 5.56 Å². The van der Waals surface area contributed by atoms with E-state index in [0.29, 0.717) is 0 Å². The molecule has 0 aliphatic carbocycles. The second-order valence-electron chi connectivity index (χ2n) is 5.68. The van der Waals surface area contributed by atoms with E-state index in [2.05, 4.69) is 10.0 Å². The van der Waals surface area contributed by atoms with Gasteiger partial charge in [-0.25, -0.2) is 13.1 Å². The van der Waals surface area contributed by atoms with E-state index in [0.717, 1.165) is 31.4 Å². The summed E-state index contributed by atoms with van der Waals surface area (Å²) < 4.78 is 27.2. The van der Waals surface area contributed by atoms with Crippen LogP contribution in [0.1, 0.15) is 43.4 Å². The van der Waals surface area contributed by atoms with E-state index in [1.807, 2.05) is 38.1 Å². The van der Waals surface area contributed by atoms with Crippen LogP contribution < -0.4 is 10.0 Å². The van der Waals surface area contributed by atoms with Crippen LogP contribution in [-0.4, -0.2) is 26.8 Å². The molecule has 4 nitrogen and oxygen atoms in total. The average molecular weight is 296 g/mol. The van der Waals surface area contributed by atoms with E-state index in [4.69, 9.17) is 0 Å². The Morgan fingerprint density at radius 1 is 1.30 bits per heavy atom. The molecule has 1 aromatic rings. The smallest absolute Gasteiger partial charge is 0.213 e. The number of piperidine rings is 1. The SMILES string of the molecule is Cc1ccc(C(C)NS(=O)(=O)CC2CCCCN2)cc1. The summed E-state index contributed by atoms with van der Waals surface area (Å²) in [6.07, 6.45) is 3.20. The normalized spacial score (nSPS) is 21.6. The second-order valence-corrected chi connectivity index (χ2v) is 7.48. The third-order valence-electron chi connectivity index (χ3n) is 3.77. The summed E-state index contributed by atoms with van der Waals surface area (Å²) in [7, 11) is -3.25. The minimum absolute atomic E-state index is 0.0893. The summed E-state index contributed by atoms with van der Waals surface area (Å²) >= 11 is 0. The van der Waals surface area contributed by atoms with Crippen LogP contribution in [0.3, 0.4) is 0 Å². The number of nitrogens with one attached hydrogen (secondary N) is 2. The van der Waals surface area contributed by atoms with Gasteiger partial charge in [-0.3, -0.25) is 0 Å². The molecule has 0 saturated carbocycles. The van der Waals surface area contributed by atoms with Crippen molar-refractivity contribution in [2.45, 2.75) is 45.2 Å². The Kier molecular flexibility index (Phi) is 5.18. The highest BCUT2D eigenvalue weighted by Gasteiger charge is 2.22. The highest BCUT2D eigenvalue weighted by molar-refractivity contribution is 7.89. The van der Waals surface area contributed by atoms with Gasteiger partial charge in [0.1, 0.15) is 0 Å². The molecule has 2 N–H and O–H groups in total. The third-order valence-corrected chi connectivity index (χ3v) is 5.32. The van der Waals surface area contributed by atoms with Crippen LogP contribution in [0.4, 0.5) is 0 Å². The molecule has 1 saturated heterocycles. The molecular formula is C15H24N2O2S. The minimum Gasteiger partial charge on any atom is -0.313 e. The molecule has 1 aliphatic heterocycles. The maximum absolute atomic E-state index is 12.2. The average Bonchev–Trinajstić information content (AvgIpc) is 2.39. The Bertz CT molecular complexity index is 519. The molecule has 1 aliphatic rings. The number of sulfonamides is 1. The quantitative estimate of drug-likeness (QED) is 0.875. The fourth-order valence-corrected chi connectivity index (χ4v) is 4.16. The first kappa shape index (κ1) is 15.5. The van der Waals surface area contributed by atoms with Gasteiger partial charge in [-0.15, -0.1) is 0 Å². The monoisotopic (exact) mass is 296 g/mol. The van der Waals surface area contributed by atoms with Gasteiger partial charge < -0.3 is 5.32 Å². The molecule has 1 fully saturated rings. The van der Waals surface area contributed by atoms with Gasteiger partial charge in [0, 0.05) is 12.1 Å². The fourth-order valence-electron chi connectivity index (χ4n) is 2.57. The van der Waals surface area contributed by atoms with Gasteiger partial charge in [-0.1, -0.05) is 36.2 Å². The first-order chi connectivity index (χ1) is 9.46. The summed E-state index contributed by atoms with van der Waals surface area (Å²) in [6, 6.07) is 7.85. The van der Waals surface area contributed by atoms with E-state index < -0.39 is 10.0 Å². The molecule has 20 heavy (non-hydrogen) atoms. The summed E-state index contributed by atoms with van der Waals surface area (Å²) in [5.74, 6) is 0.170. The fraction of sp³-hybridized carbons (Fsp3) is 0.600. The molecule has 1 aromatic carbocycles. The predicted molar refractivity (Wildman–Crippen MR) is 82.2 cm³/mol. The van der Waals surface area contributed by atoms with Crippen molar-refractivity contribution >= 4 is 10.0 Å². The van der Waals surface area contributed by atoms with Gasteiger partial charge in [-0.05, 0) is 38.8 Å². The van der Waals surface area contributed by atoms with Gasteiger partial charge in [0.25, 0.3) is 0 Å². The van der Waals surface area contributed by atoms with E-state index in [9.17, 15) is 8.42 Å². The number of hydrogen-bond acceptors (Lipinski definition) is 3. The van der Waals surface area contributed by atoms with Gasteiger partial charge in [-0.2, -0.15) is 0 Å². The van der Waals surface area contributed by atoms with Crippen molar-refractivity contribution in [3.8, 4) is 0 Å². The molecule has 5 heteroatoms. The van der Waals surface area contributed by atoms with Crippen molar-refractivity contribution < 1.29 is 8.42 Å². The topological polar surface area (TPSA) is 58.2 Å². The summed E-state index contributed by atoms with van der Waals surface area (Å²) in [6.45, 7) is 4.83. The molecule has 2 atom stereocenters. The number of aryl methyl sites for hydroxylation is 1. The van der Waals surface area contributed by atoms with Crippen molar-refractivity contribution in [3.63, 3.8) is 0 Å². The van der Waals surface area contributed by atoms with Gasteiger partial charge in [0.15, 0.2) is 0 Å². The highest BCUT2D eigenvalue weighted by Crippen LogP contribution is 2.15. The first-order valence-corrected chi connectivity index (χ1v) is 8.91. The predicted octanol–water partition coefficient (Wildman–Crippen LogP) is 2.12. The van der Waals surface area contributed by atoms with Crippen LogP contribution in [0.5, 0.6) is 0 Å². The maximum Gasteiger partial charge on any atom is 0.213 e. The number of hydrogen-bond donors (Lipinski definition) is 2. The molecule has 0 spiro atoms. The lowest BCUT2D eigenvalue weighted by Crippen LogP contribution is -2.43. The third kappa shape index (κ3) is 4.58. The van der Waals surface area contributed by atoms with Gasteiger partial charge in [0.2, 0.25) is 10.0 Å². The molecule has 2 unspecified atom stereocenters. The standard InChI is InChI=1S/C15H24N2O2S/c1-12-6-8-14(9-7-12)13(2)17-20(18,19)11-15-5-3-4-10-16-15/h6-9,13,15-17H,3-5,10-11H2,1-2H3. The summed E-state index contributed by atoms with van der Waals surface area (Å²) in [5, 5.41) is 3.28. The zero-order chi connectivity index (χ0) is 14.6. The largest absolute Gasteiger partial charge is 0.313 e. The molecule has 0 aromatic heterocycles. The van der Waals surface area contributed by atoms with Crippen molar-refractivity contribution in [3.05, 3.63) is 35.4 Å². The van der Waals surface area contributed by atoms with Crippen LogP contribution in [0.2, 0.25) is 0 Å². The molecule has 112 valence electrons. The van der Waals surface area contributed by atoms with Gasteiger partial charge in [0.05, 0.1) is 5.75 Å². The van der Waals surface area contributed by atoms with Crippen LogP contribution in [0.25, 0.3) is 0 Å². The van der Waals surface area contributed by atoms with E-state index in [-0.39, 0.29) is 17.8 Å². The Balaban J connectivity index is 1.94. The lowest BCUT2D eigenvalue weighted by molar-refractivity contribution is 0.421. The van der Waals surface area contributed by atoms with Crippen molar-refractivity contribution in [1.29, 1.82) is 0 Å². The van der Waals surface area contributed by atoms with Gasteiger partial charge >= 0.3 is 0 Å². The molecular weight excluding hydrogens is 272 g/mol. The molecule has 0 bridgehead atoms. The van der Waals surface area contributed by atoms with Crippen LogP contribution in [0, 0.1) is 6.92 Å². The van der Waals surface area contributed by atoms with Crippen molar-refractivity contribution in [2.24, 2.45) is 0 Å². The number of rotatable bonds is 5. The second kappa shape index (κ2) is 6.70. The molecule has 2 rings (SSSR count). The maximum atomic E-state index is 12.2. The molecule has 1 heterocycles. The lowest BCUT2D eigenvalue weighted by Gasteiger charge is -2.24. The highest BCUT2D eigenvalue weighted by atomic mass is 32.2. The van der Waals surface area contributed by atoms with E-state index >= 15 is 0 Å². The van der Waals surface area contributed by atoms with Crippen molar-refractivity contribution in [1.82, 2.24) is 10.0 Å². The minimum atomic E-state index is -3.25. The van der Waals surface area contributed by atoms with Crippen LogP contribution in [-0.2, 0) is 10.0 Å². The summed E-state index contributed by atoms with van der Waals surface area (Å²) in [4.78, 5) is 0. The Labute approximate surface area is 122 Å². The molecule has 0 radical (unpaired) electrons. The molecule has 0 amide bonds. The van der Waals surface area contributed by atoms with E-state index in [1.54, 1.807) is 0 Å². The van der Waals surface area contributed by atoms with Crippen molar-refractivity contribution in [2.75, 3.05) is 12.3 Å². The Hall–Kier alpha value is -0.910.